The van der Waals surface area contributed by atoms with Crippen molar-refractivity contribution in [3.63, 3.8) is 0 Å². The minimum atomic E-state index is -1.25. The molecule has 310 valence electrons. The number of aliphatic carboxylic acids is 1. The Morgan fingerprint density at radius 2 is 1.57 bits per heavy atom. The number of hydrogen-bond acceptors (Lipinski definition) is 7. The van der Waals surface area contributed by atoms with Crippen LogP contribution < -0.4 is 20.1 Å². The van der Waals surface area contributed by atoms with Gasteiger partial charge in [-0.15, -0.1) is 0 Å². The number of carbonyl (C=O) groups is 4. The molecule has 2 unspecified atom stereocenters. The largest absolute Gasteiger partial charge is 0.489 e. The van der Waals surface area contributed by atoms with E-state index in [0.29, 0.717) is 50.3 Å². The zero-order valence-corrected chi connectivity index (χ0v) is 34.5. The van der Waals surface area contributed by atoms with Gasteiger partial charge in [0.05, 0.1) is 27.4 Å². The number of hydrogen-bond donors (Lipinski definition) is 3. The van der Waals surface area contributed by atoms with Crippen LogP contribution in [0.1, 0.15) is 71.6 Å². The molecule has 3 atom stereocenters. The number of rotatable bonds is 12. The number of carboxylic acid groups (broad SMARTS) is 1. The molecule has 2 heterocycles. The first-order valence-corrected chi connectivity index (χ1v) is 21.0. The highest BCUT2D eigenvalue weighted by molar-refractivity contribution is 6.42. The number of nitriles is 1. The van der Waals surface area contributed by atoms with Crippen LogP contribution in [0.3, 0.4) is 0 Å². The first kappa shape index (κ1) is 41.4. The zero-order chi connectivity index (χ0) is 42.6. The molecule has 0 saturated heterocycles. The van der Waals surface area contributed by atoms with Gasteiger partial charge in [-0.1, -0.05) is 90.6 Å². The third-order valence-electron chi connectivity index (χ3n) is 11.7. The van der Waals surface area contributed by atoms with Crippen molar-refractivity contribution in [2.75, 3.05) is 5.32 Å². The average molecular weight is 858 g/mol. The van der Waals surface area contributed by atoms with Crippen molar-refractivity contribution in [3.8, 4) is 28.7 Å². The summed E-state index contributed by atoms with van der Waals surface area (Å²) in [5.74, 6) is -1.03. The monoisotopic (exact) mass is 856 g/mol. The minimum absolute atomic E-state index is 0.0284. The average Bonchev–Trinajstić information content (AvgIpc) is 3.78. The van der Waals surface area contributed by atoms with Crippen molar-refractivity contribution in [1.29, 1.82) is 5.26 Å². The highest BCUT2D eigenvalue weighted by Crippen LogP contribution is 2.40. The summed E-state index contributed by atoms with van der Waals surface area (Å²) in [7, 11) is 0. The molecule has 0 spiro atoms. The molecule has 1 saturated carbocycles. The van der Waals surface area contributed by atoms with Crippen LogP contribution in [0.5, 0.6) is 11.5 Å². The number of ether oxygens (including phenoxy) is 2. The van der Waals surface area contributed by atoms with Crippen LogP contribution in [0.25, 0.3) is 11.1 Å². The lowest BCUT2D eigenvalue weighted by Crippen LogP contribution is -2.56. The highest BCUT2D eigenvalue weighted by atomic mass is 35.5. The van der Waals surface area contributed by atoms with E-state index >= 15 is 0 Å². The van der Waals surface area contributed by atoms with Crippen molar-refractivity contribution in [2.24, 2.45) is 5.92 Å². The fourth-order valence-electron chi connectivity index (χ4n) is 8.29. The van der Waals surface area contributed by atoms with Gasteiger partial charge in [0.1, 0.15) is 30.2 Å². The van der Waals surface area contributed by atoms with Gasteiger partial charge in [-0.05, 0) is 101 Å². The van der Waals surface area contributed by atoms with Gasteiger partial charge in [-0.2, -0.15) is 5.26 Å². The fraction of sp³-hybridized carbons (Fsp3) is 0.271. The number of nitrogens with one attached hydrogen (secondary N) is 2. The van der Waals surface area contributed by atoms with Gasteiger partial charge in [0.2, 0.25) is 17.9 Å². The maximum absolute atomic E-state index is 14.2. The summed E-state index contributed by atoms with van der Waals surface area (Å²) in [6, 6.07) is 30.4. The van der Waals surface area contributed by atoms with Gasteiger partial charge in [0.25, 0.3) is 5.91 Å². The molecule has 11 nitrogen and oxygen atoms in total. The molecule has 5 aromatic carbocycles. The molecular weight excluding hydrogens is 815 g/mol. The lowest BCUT2D eigenvalue weighted by molar-refractivity contribution is -0.145. The second-order valence-electron chi connectivity index (χ2n) is 15.8. The van der Waals surface area contributed by atoms with Crippen molar-refractivity contribution >= 4 is 52.6 Å². The number of nitrogens with zero attached hydrogens (tertiary/aromatic N) is 2. The van der Waals surface area contributed by atoms with Crippen LogP contribution >= 0.6 is 23.2 Å². The molecular formula is C48H42Cl2N4O7. The predicted molar refractivity (Wildman–Crippen MR) is 230 cm³/mol. The van der Waals surface area contributed by atoms with E-state index in [4.69, 9.17) is 37.9 Å². The maximum atomic E-state index is 14.2. The fourth-order valence-corrected chi connectivity index (χ4v) is 8.61. The molecule has 1 aliphatic carbocycles. The molecule has 2 aliphatic heterocycles. The Morgan fingerprint density at radius 1 is 0.885 bits per heavy atom. The van der Waals surface area contributed by atoms with Crippen molar-refractivity contribution in [2.45, 2.75) is 76.3 Å². The Kier molecular flexibility index (Phi) is 12.3. The van der Waals surface area contributed by atoms with E-state index in [9.17, 15) is 24.3 Å². The summed E-state index contributed by atoms with van der Waals surface area (Å²) in [5, 5.41) is 26.0. The summed E-state index contributed by atoms with van der Waals surface area (Å²) in [6.45, 7) is 0.392. The number of anilines is 1. The Bertz CT molecular complexity index is 2520. The standard InChI is InChI=1S/C48H42Cl2N4O7/c49-38-18-9-31(19-39(38)50)27-60-37-16-14-34(15-17-37)45-47(57)52-40-22-35-23-42(54(26-36(35)24-43(40)61-45)44(55)21-28-3-1-2-4-28)46(56)53-41(48(58)59)20-29-5-10-32(11-6-29)33-12-7-30(25-51)8-13-33/h5-19,22,24,28,41-42,45H,1-4,20-21,23,26-27H2,(H,52,57)(H,53,56)(H,58,59)/t41-,42?,45?/m0/s1. The highest BCUT2D eigenvalue weighted by Gasteiger charge is 2.39. The van der Waals surface area contributed by atoms with Gasteiger partial charge >= 0.3 is 5.97 Å². The van der Waals surface area contributed by atoms with E-state index in [0.717, 1.165) is 53.5 Å². The molecule has 8 rings (SSSR count). The summed E-state index contributed by atoms with van der Waals surface area (Å²) >= 11 is 12.2. The van der Waals surface area contributed by atoms with Crippen LogP contribution in [-0.4, -0.2) is 45.8 Å². The molecule has 0 radical (unpaired) electrons. The lowest BCUT2D eigenvalue weighted by Gasteiger charge is -2.38. The summed E-state index contributed by atoms with van der Waals surface area (Å²) < 4.78 is 12.2. The summed E-state index contributed by atoms with van der Waals surface area (Å²) in [4.78, 5) is 55.8. The number of fused-ring (bicyclic) bond motifs is 2. The first-order valence-electron chi connectivity index (χ1n) is 20.2. The molecule has 0 bridgehead atoms. The maximum Gasteiger partial charge on any atom is 0.326 e. The van der Waals surface area contributed by atoms with E-state index in [2.05, 4.69) is 16.7 Å². The summed E-state index contributed by atoms with van der Waals surface area (Å²) in [5.41, 5.74) is 6.51. The predicted octanol–water partition coefficient (Wildman–Crippen LogP) is 8.83. The quantitative estimate of drug-likeness (QED) is 0.112. The molecule has 1 fully saturated rings. The van der Waals surface area contributed by atoms with Crippen LogP contribution in [0, 0.1) is 17.2 Å². The van der Waals surface area contributed by atoms with Crippen LogP contribution in [-0.2, 0) is 45.2 Å². The van der Waals surface area contributed by atoms with Crippen molar-refractivity contribution in [1.82, 2.24) is 10.2 Å². The van der Waals surface area contributed by atoms with E-state index in [1.165, 1.54) is 0 Å². The van der Waals surface area contributed by atoms with Crippen LogP contribution in [0.15, 0.2) is 103 Å². The molecule has 61 heavy (non-hydrogen) atoms. The van der Waals surface area contributed by atoms with Gasteiger partial charge in [-0.25, -0.2) is 4.79 Å². The smallest absolute Gasteiger partial charge is 0.326 e. The second kappa shape index (κ2) is 18.1. The zero-order valence-electron chi connectivity index (χ0n) is 33.0. The van der Waals surface area contributed by atoms with Crippen molar-refractivity contribution in [3.05, 3.63) is 147 Å². The summed E-state index contributed by atoms with van der Waals surface area (Å²) in [6.07, 6.45) is 3.53. The van der Waals surface area contributed by atoms with E-state index < -0.39 is 30.1 Å². The molecule has 5 aromatic rings. The number of carbonyl (C=O) groups excluding carboxylic acids is 3. The van der Waals surface area contributed by atoms with Gasteiger partial charge < -0.3 is 30.1 Å². The van der Waals surface area contributed by atoms with E-state index in [1.54, 1.807) is 59.5 Å². The lowest BCUT2D eigenvalue weighted by atomic mass is 9.90. The minimum Gasteiger partial charge on any atom is -0.489 e. The van der Waals surface area contributed by atoms with Crippen LogP contribution in [0.2, 0.25) is 10.0 Å². The topological polar surface area (TPSA) is 158 Å². The third kappa shape index (κ3) is 9.51. The first-order chi connectivity index (χ1) is 29.5. The number of benzene rings is 5. The number of amides is 3. The van der Waals surface area contributed by atoms with E-state index in [-0.39, 0.29) is 43.7 Å². The molecule has 3 amide bonds. The van der Waals surface area contributed by atoms with Gasteiger partial charge in [0.15, 0.2) is 0 Å². The Labute approximate surface area is 363 Å². The second-order valence-corrected chi connectivity index (χ2v) is 16.6. The number of halogens is 2. The number of carboxylic acids is 1. The van der Waals surface area contributed by atoms with Gasteiger partial charge in [-0.3, -0.25) is 14.4 Å². The van der Waals surface area contributed by atoms with E-state index in [1.807, 2.05) is 48.5 Å². The van der Waals surface area contributed by atoms with Crippen molar-refractivity contribution < 1.29 is 33.8 Å². The van der Waals surface area contributed by atoms with Gasteiger partial charge in [0, 0.05) is 31.4 Å². The SMILES string of the molecule is N#Cc1ccc(-c2ccc(C[C@H](NC(=O)C3Cc4cc5c(cc4CN3C(=O)CC3CCCC3)OC(c3ccc(OCc4ccc(Cl)c(Cl)c4)cc3)C(=O)N5)C(=O)O)cc2)cc1. The normalized spacial score (nSPS) is 17.5. The Balaban J connectivity index is 0.975. The molecule has 13 heteroatoms. The Hall–Kier alpha value is -6.35. The Morgan fingerprint density at radius 3 is 2.25 bits per heavy atom. The third-order valence-corrected chi connectivity index (χ3v) is 12.4. The molecule has 3 aliphatic rings. The van der Waals surface area contributed by atoms with Crippen LogP contribution in [0.4, 0.5) is 5.69 Å². The molecule has 3 N–H and O–H groups in total. The molecule has 0 aromatic heterocycles.